The highest BCUT2D eigenvalue weighted by atomic mass is 32.2. The number of anilines is 1. The first-order valence-electron chi connectivity index (χ1n) is 6.18. The maximum atomic E-state index is 13.7. The molecule has 0 unspecified atom stereocenters. The summed E-state index contributed by atoms with van der Waals surface area (Å²) in [6, 6.07) is 1.07. The van der Waals surface area contributed by atoms with Gasteiger partial charge in [0.2, 0.25) is 5.89 Å². The summed E-state index contributed by atoms with van der Waals surface area (Å²) >= 11 is 0. The van der Waals surface area contributed by atoms with E-state index in [9.17, 15) is 17.2 Å². The summed E-state index contributed by atoms with van der Waals surface area (Å²) in [6.45, 7) is 1.34. The standard InChI is InChI=1S/C12H11F2N3O3S/c1-6-4-9(14)10(5-8(6)13)21(18,19)17-12-16-15-11(20-12)7-2-3-7/h4-5,7H,2-3H2,1H3,(H,16,17). The zero-order valence-corrected chi connectivity index (χ0v) is 11.7. The van der Waals surface area contributed by atoms with Gasteiger partial charge in [-0.3, -0.25) is 0 Å². The number of nitrogens with zero attached hydrogens (tertiary/aromatic N) is 2. The van der Waals surface area contributed by atoms with Gasteiger partial charge in [0.25, 0.3) is 10.0 Å². The molecule has 0 spiro atoms. The number of aromatic nitrogens is 2. The Morgan fingerprint density at radius 3 is 2.62 bits per heavy atom. The van der Waals surface area contributed by atoms with Crippen LogP contribution in [0.3, 0.4) is 0 Å². The van der Waals surface area contributed by atoms with Gasteiger partial charge in [0, 0.05) is 5.92 Å². The summed E-state index contributed by atoms with van der Waals surface area (Å²) in [5, 5.41) is 7.23. The smallest absolute Gasteiger partial charge is 0.329 e. The number of sulfonamides is 1. The monoisotopic (exact) mass is 315 g/mol. The molecule has 1 N–H and O–H groups in total. The summed E-state index contributed by atoms with van der Waals surface area (Å²) in [4.78, 5) is -0.809. The number of benzene rings is 1. The molecule has 3 rings (SSSR count). The van der Waals surface area contributed by atoms with E-state index in [0.717, 1.165) is 18.9 Å². The predicted octanol–water partition coefficient (Wildman–Crippen LogP) is 2.33. The topological polar surface area (TPSA) is 85.1 Å². The number of rotatable bonds is 4. The quantitative estimate of drug-likeness (QED) is 0.936. The first-order valence-corrected chi connectivity index (χ1v) is 7.67. The Morgan fingerprint density at radius 1 is 1.24 bits per heavy atom. The Hall–Kier alpha value is -2.03. The maximum Gasteiger partial charge on any atom is 0.329 e. The molecule has 6 nitrogen and oxygen atoms in total. The summed E-state index contributed by atoms with van der Waals surface area (Å²) in [7, 11) is -4.34. The van der Waals surface area contributed by atoms with Gasteiger partial charge in [-0.25, -0.2) is 21.9 Å². The van der Waals surface area contributed by atoms with Crippen molar-refractivity contribution >= 4 is 16.0 Å². The second-order valence-electron chi connectivity index (χ2n) is 4.86. The van der Waals surface area contributed by atoms with Crippen LogP contribution in [-0.2, 0) is 10.0 Å². The molecule has 1 aliphatic rings. The number of aryl methyl sites for hydroxylation is 1. The van der Waals surface area contributed by atoms with E-state index in [2.05, 4.69) is 10.2 Å². The van der Waals surface area contributed by atoms with Crippen molar-refractivity contribution < 1.29 is 21.6 Å². The summed E-state index contributed by atoms with van der Waals surface area (Å²) in [5.74, 6) is -1.38. The molecular weight excluding hydrogens is 304 g/mol. The largest absolute Gasteiger partial charge is 0.407 e. The zero-order chi connectivity index (χ0) is 15.2. The molecule has 2 aromatic rings. The van der Waals surface area contributed by atoms with Gasteiger partial charge in [0.05, 0.1) is 0 Å². The second-order valence-corrected chi connectivity index (χ2v) is 6.51. The Morgan fingerprint density at radius 2 is 1.95 bits per heavy atom. The molecule has 1 heterocycles. The van der Waals surface area contributed by atoms with E-state index in [1.54, 1.807) is 0 Å². The molecule has 1 fully saturated rings. The van der Waals surface area contributed by atoms with Gasteiger partial charge in [0.1, 0.15) is 16.5 Å². The molecule has 0 radical (unpaired) electrons. The lowest BCUT2D eigenvalue weighted by Crippen LogP contribution is -2.15. The van der Waals surface area contributed by atoms with E-state index >= 15 is 0 Å². The molecule has 0 bridgehead atoms. The molecule has 112 valence electrons. The van der Waals surface area contributed by atoms with Crippen molar-refractivity contribution in [2.75, 3.05) is 4.72 Å². The molecule has 1 aromatic heterocycles. The molecule has 0 atom stereocenters. The number of hydrogen-bond acceptors (Lipinski definition) is 5. The third-order valence-electron chi connectivity index (χ3n) is 3.09. The van der Waals surface area contributed by atoms with Gasteiger partial charge < -0.3 is 4.42 Å². The van der Waals surface area contributed by atoms with Crippen molar-refractivity contribution in [3.05, 3.63) is 35.2 Å². The Balaban J connectivity index is 1.90. The van der Waals surface area contributed by atoms with Crippen LogP contribution in [0.1, 0.15) is 30.2 Å². The van der Waals surface area contributed by atoms with Crippen molar-refractivity contribution in [3.8, 4) is 0 Å². The highest BCUT2D eigenvalue weighted by Gasteiger charge is 2.30. The van der Waals surface area contributed by atoms with E-state index in [1.165, 1.54) is 6.92 Å². The van der Waals surface area contributed by atoms with Crippen LogP contribution < -0.4 is 4.72 Å². The Bertz CT molecular complexity index is 800. The highest BCUT2D eigenvalue weighted by molar-refractivity contribution is 7.92. The van der Waals surface area contributed by atoms with Crippen molar-refractivity contribution in [3.63, 3.8) is 0 Å². The number of nitrogens with one attached hydrogen (secondary N) is 1. The van der Waals surface area contributed by atoms with Crippen molar-refractivity contribution in [2.24, 2.45) is 0 Å². The molecule has 0 saturated heterocycles. The van der Waals surface area contributed by atoms with Crippen molar-refractivity contribution in [1.82, 2.24) is 10.2 Å². The van der Waals surface area contributed by atoms with E-state index in [0.29, 0.717) is 12.0 Å². The van der Waals surface area contributed by atoms with E-state index in [4.69, 9.17) is 4.42 Å². The van der Waals surface area contributed by atoms with Crippen LogP contribution in [0.2, 0.25) is 0 Å². The fraction of sp³-hybridized carbons (Fsp3) is 0.333. The maximum absolute atomic E-state index is 13.7. The molecule has 1 aromatic carbocycles. The minimum absolute atomic E-state index is 0.0141. The third-order valence-corrected chi connectivity index (χ3v) is 4.43. The summed E-state index contributed by atoms with van der Waals surface area (Å²) in [6.07, 6.45) is 1.82. The summed E-state index contributed by atoms with van der Waals surface area (Å²) < 4.78 is 58.3. The van der Waals surface area contributed by atoms with Gasteiger partial charge in [-0.05, 0) is 37.5 Å². The minimum atomic E-state index is -4.34. The van der Waals surface area contributed by atoms with Crippen LogP contribution in [0.25, 0.3) is 0 Å². The van der Waals surface area contributed by atoms with E-state index in [1.807, 2.05) is 4.72 Å². The van der Waals surface area contributed by atoms with Crippen molar-refractivity contribution in [1.29, 1.82) is 0 Å². The Labute approximate surface area is 119 Å². The predicted molar refractivity (Wildman–Crippen MR) is 68.2 cm³/mol. The minimum Gasteiger partial charge on any atom is -0.407 e. The Kier molecular flexibility index (Phi) is 3.16. The van der Waals surface area contributed by atoms with Gasteiger partial charge in [-0.2, -0.15) is 0 Å². The fourth-order valence-electron chi connectivity index (χ4n) is 1.77. The lowest BCUT2D eigenvalue weighted by Gasteiger charge is -2.06. The average molecular weight is 315 g/mol. The van der Waals surface area contributed by atoms with Crippen LogP contribution in [0.5, 0.6) is 0 Å². The molecule has 21 heavy (non-hydrogen) atoms. The molecule has 0 aliphatic heterocycles. The number of hydrogen-bond donors (Lipinski definition) is 1. The fourth-order valence-corrected chi connectivity index (χ4v) is 2.77. The van der Waals surface area contributed by atoms with Crippen LogP contribution in [0.4, 0.5) is 14.8 Å². The number of halogens is 2. The van der Waals surface area contributed by atoms with Gasteiger partial charge in [-0.15, -0.1) is 5.10 Å². The lowest BCUT2D eigenvalue weighted by molar-refractivity contribution is 0.509. The average Bonchev–Trinajstić information content (AvgIpc) is 3.15. The summed E-state index contributed by atoms with van der Waals surface area (Å²) in [5.41, 5.74) is 0.0141. The van der Waals surface area contributed by atoms with Crippen LogP contribution >= 0.6 is 0 Å². The van der Waals surface area contributed by atoms with Crippen LogP contribution in [0.15, 0.2) is 21.4 Å². The first-order chi connectivity index (χ1) is 9.87. The van der Waals surface area contributed by atoms with Gasteiger partial charge in [0.15, 0.2) is 0 Å². The zero-order valence-electron chi connectivity index (χ0n) is 10.9. The van der Waals surface area contributed by atoms with Crippen LogP contribution in [-0.4, -0.2) is 18.6 Å². The van der Waals surface area contributed by atoms with E-state index in [-0.39, 0.29) is 17.5 Å². The normalized spacial score (nSPS) is 15.2. The van der Waals surface area contributed by atoms with E-state index < -0.39 is 26.6 Å². The van der Waals surface area contributed by atoms with Gasteiger partial charge >= 0.3 is 6.01 Å². The molecular formula is C12H11F2N3O3S. The molecule has 9 heteroatoms. The van der Waals surface area contributed by atoms with Crippen molar-refractivity contribution in [2.45, 2.75) is 30.6 Å². The second kappa shape index (κ2) is 4.76. The highest BCUT2D eigenvalue weighted by Crippen LogP contribution is 2.39. The molecule has 1 saturated carbocycles. The molecule has 0 amide bonds. The third kappa shape index (κ3) is 2.73. The molecule has 1 aliphatic carbocycles. The van der Waals surface area contributed by atoms with Crippen LogP contribution in [0, 0.1) is 18.6 Å². The SMILES string of the molecule is Cc1cc(F)c(S(=O)(=O)Nc2nnc(C3CC3)o2)cc1F. The first kappa shape index (κ1) is 13.9. The lowest BCUT2D eigenvalue weighted by atomic mass is 10.2. The van der Waals surface area contributed by atoms with Gasteiger partial charge in [-0.1, -0.05) is 5.10 Å².